The van der Waals surface area contributed by atoms with Gasteiger partial charge in [-0.3, -0.25) is 15.0 Å². The quantitative estimate of drug-likeness (QED) is 0.131. The van der Waals surface area contributed by atoms with Crippen LogP contribution < -0.4 is 4.74 Å². The van der Waals surface area contributed by atoms with Crippen LogP contribution in [-0.2, 0) is 21.1 Å². The van der Waals surface area contributed by atoms with Crippen LogP contribution in [0, 0.1) is 19.1 Å². The Kier molecular flexibility index (Phi) is 6.82. The zero-order valence-corrected chi connectivity index (χ0v) is 28.4. The number of aromatic nitrogens is 5. The van der Waals surface area contributed by atoms with E-state index in [0.29, 0.717) is 11.5 Å². The second-order valence-electron chi connectivity index (χ2n) is 12.0. The maximum Gasteiger partial charge on any atom is 2.00 e. The summed E-state index contributed by atoms with van der Waals surface area (Å²) in [5.74, 6) is 1.15. The third kappa shape index (κ3) is 4.56. The number of para-hydroxylation sites is 1. The second-order valence-corrected chi connectivity index (χ2v) is 12.0. The Balaban J connectivity index is 0.00000325. The molecular formula is C42H25N5OPt. The number of pyridine rings is 3. The predicted molar refractivity (Wildman–Crippen MR) is 192 cm³/mol. The summed E-state index contributed by atoms with van der Waals surface area (Å²) in [5, 5.41) is 4.92. The van der Waals surface area contributed by atoms with Gasteiger partial charge in [-0.2, -0.15) is 0 Å². The first-order valence-electron chi connectivity index (χ1n) is 15.9. The van der Waals surface area contributed by atoms with Gasteiger partial charge in [0.05, 0.1) is 33.7 Å². The molecule has 10 rings (SSSR count). The zero-order chi connectivity index (χ0) is 31.8. The van der Waals surface area contributed by atoms with E-state index in [4.69, 9.17) is 19.7 Å². The Hall–Kier alpha value is -5.84. The molecule has 0 N–H and O–H groups in total. The number of aryl methyl sites for hydroxylation is 1. The molecule has 0 aliphatic heterocycles. The molecular weight excluding hydrogens is 786 g/mol. The molecule has 0 aliphatic rings. The first kappa shape index (κ1) is 29.3. The molecule has 0 unspecified atom stereocenters. The van der Waals surface area contributed by atoms with Crippen LogP contribution >= 0.6 is 0 Å². The van der Waals surface area contributed by atoms with E-state index in [1.165, 1.54) is 0 Å². The van der Waals surface area contributed by atoms with Gasteiger partial charge < -0.3 is 13.5 Å². The maximum absolute atomic E-state index is 6.52. The molecule has 0 radical (unpaired) electrons. The van der Waals surface area contributed by atoms with Crippen molar-refractivity contribution in [3.63, 3.8) is 0 Å². The van der Waals surface area contributed by atoms with Crippen molar-refractivity contribution in [3.05, 3.63) is 152 Å². The van der Waals surface area contributed by atoms with Gasteiger partial charge in [0.1, 0.15) is 0 Å². The fraction of sp³-hybridized carbons (Fsp3) is 0.0238. The maximum atomic E-state index is 6.52. The van der Waals surface area contributed by atoms with E-state index in [9.17, 15) is 0 Å². The summed E-state index contributed by atoms with van der Waals surface area (Å²) in [6, 6.07) is 48.4. The van der Waals surface area contributed by atoms with Crippen molar-refractivity contribution in [3.8, 4) is 34.0 Å². The molecule has 0 spiro atoms. The van der Waals surface area contributed by atoms with Crippen molar-refractivity contribution in [2.45, 2.75) is 6.92 Å². The summed E-state index contributed by atoms with van der Waals surface area (Å²) in [6.07, 6.45) is 3.90. The smallest absolute Gasteiger partial charge is 0.497 e. The van der Waals surface area contributed by atoms with E-state index in [1.807, 2.05) is 55.6 Å². The van der Waals surface area contributed by atoms with Gasteiger partial charge in [-0.25, -0.2) is 0 Å². The predicted octanol–water partition coefficient (Wildman–Crippen LogP) is 10.0. The van der Waals surface area contributed by atoms with Crippen LogP contribution in [0.5, 0.6) is 11.5 Å². The minimum atomic E-state index is 0. The molecule has 0 amide bonds. The number of hydrogen-bond donors (Lipinski definition) is 0. The van der Waals surface area contributed by atoms with Gasteiger partial charge in [0.2, 0.25) is 0 Å². The normalized spacial score (nSPS) is 11.6. The van der Waals surface area contributed by atoms with E-state index < -0.39 is 0 Å². The molecule has 49 heavy (non-hydrogen) atoms. The van der Waals surface area contributed by atoms with Crippen molar-refractivity contribution in [1.29, 1.82) is 0 Å². The molecule has 0 saturated carbocycles. The summed E-state index contributed by atoms with van der Waals surface area (Å²) in [6.45, 7) is 2.01. The minimum Gasteiger partial charge on any atom is -0.497 e. The topological polar surface area (TPSA) is 56.7 Å². The van der Waals surface area contributed by atoms with E-state index in [-0.39, 0.29) is 21.1 Å². The van der Waals surface area contributed by atoms with E-state index in [2.05, 4.69) is 106 Å². The van der Waals surface area contributed by atoms with Crippen molar-refractivity contribution >= 4 is 54.8 Å². The Labute approximate surface area is 295 Å². The van der Waals surface area contributed by atoms with Crippen LogP contribution in [0.3, 0.4) is 0 Å². The van der Waals surface area contributed by atoms with Crippen LogP contribution in [0.15, 0.2) is 134 Å². The summed E-state index contributed by atoms with van der Waals surface area (Å²) in [7, 11) is 0. The van der Waals surface area contributed by atoms with Crippen LogP contribution in [0.2, 0.25) is 0 Å². The number of ether oxygens (including phenoxy) is 1. The van der Waals surface area contributed by atoms with Gasteiger partial charge in [-0.05, 0) is 36.1 Å². The molecule has 6 nitrogen and oxygen atoms in total. The van der Waals surface area contributed by atoms with Gasteiger partial charge in [-0.1, -0.05) is 125 Å². The molecule has 234 valence electrons. The zero-order valence-electron chi connectivity index (χ0n) is 26.2. The monoisotopic (exact) mass is 810 g/mol. The summed E-state index contributed by atoms with van der Waals surface area (Å²) < 4.78 is 10.9. The number of imidazole rings is 2. The van der Waals surface area contributed by atoms with Crippen LogP contribution in [0.4, 0.5) is 0 Å². The summed E-state index contributed by atoms with van der Waals surface area (Å²) in [4.78, 5) is 15.0. The van der Waals surface area contributed by atoms with Crippen LogP contribution in [-0.4, -0.2) is 23.8 Å². The molecule has 0 fully saturated rings. The first-order chi connectivity index (χ1) is 23.7. The fourth-order valence-electron chi connectivity index (χ4n) is 7.00. The standard InChI is InChI=1S/C42H25N5O.Pt/c1-26-25-46-36-16-9-8-15-32(36)31-20-18-29(23-34(31)41(46)44-26)48-30-19-21-33-35(24-30)42-45-38(27-11-4-2-5-12-27)40(28-13-6-3-7-14-28)47(42)37-17-10-22-43-39(33)37;/h2-22,25H,1H3;/q-2;+2. The van der Waals surface area contributed by atoms with Crippen LogP contribution in [0.25, 0.3) is 77.3 Å². The molecule has 0 saturated heterocycles. The third-order valence-electron chi connectivity index (χ3n) is 9.04. The van der Waals surface area contributed by atoms with Gasteiger partial charge in [0.25, 0.3) is 0 Å². The van der Waals surface area contributed by atoms with E-state index in [1.54, 1.807) is 0 Å². The largest absolute Gasteiger partial charge is 2.00 e. The molecule has 0 aliphatic carbocycles. The second kappa shape index (κ2) is 11.4. The Morgan fingerprint density at radius 3 is 2.02 bits per heavy atom. The Bertz CT molecular complexity index is 2880. The molecule has 0 bridgehead atoms. The summed E-state index contributed by atoms with van der Waals surface area (Å²) in [5.41, 5.74) is 9.56. The SMILES string of the molecule is Cc1cn2c3ccccc3c3ccc(Oc4[c-]c5c(cc4)c4ncccc4n4c(-c6ccccc6)c(-c6ccccc6)nc54)[c-]c3c2n1.[Pt+2]. The van der Waals surface area contributed by atoms with Crippen molar-refractivity contribution < 1.29 is 25.8 Å². The third-order valence-corrected chi connectivity index (χ3v) is 9.04. The molecule has 5 aromatic heterocycles. The molecule has 5 aromatic carbocycles. The number of hydrogen-bond acceptors (Lipinski definition) is 4. The Morgan fingerprint density at radius 2 is 1.24 bits per heavy atom. The van der Waals surface area contributed by atoms with Gasteiger partial charge in [0.15, 0.2) is 0 Å². The van der Waals surface area contributed by atoms with E-state index >= 15 is 0 Å². The van der Waals surface area contributed by atoms with Crippen molar-refractivity contribution in [1.82, 2.24) is 23.8 Å². The van der Waals surface area contributed by atoms with Crippen molar-refractivity contribution in [2.24, 2.45) is 0 Å². The number of rotatable bonds is 4. The average Bonchev–Trinajstić information content (AvgIpc) is 3.75. The average molecular weight is 811 g/mol. The number of fused-ring (bicyclic) bond motifs is 12. The molecule has 7 heteroatoms. The van der Waals surface area contributed by atoms with Crippen molar-refractivity contribution in [2.75, 3.05) is 0 Å². The molecule has 5 heterocycles. The van der Waals surface area contributed by atoms with E-state index in [0.717, 1.165) is 83.0 Å². The van der Waals surface area contributed by atoms with Gasteiger partial charge >= 0.3 is 21.1 Å². The number of benzene rings is 5. The van der Waals surface area contributed by atoms with Gasteiger partial charge in [0, 0.05) is 40.7 Å². The summed E-state index contributed by atoms with van der Waals surface area (Å²) >= 11 is 0. The number of nitrogens with zero attached hydrogens (tertiary/aromatic N) is 5. The first-order valence-corrected chi connectivity index (χ1v) is 15.9. The fourth-order valence-corrected chi connectivity index (χ4v) is 7.00. The molecule has 10 aromatic rings. The van der Waals surface area contributed by atoms with Crippen LogP contribution in [0.1, 0.15) is 5.69 Å². The minimum absolute atomic E-state index is 0. The molecule has 0 atom stereocenters. The Morgan fingerprint density at radius 1 is 0.592 bits per heavy atom. The van der Waals surface area contributed by atoms with Gasteiger partial charge in [-0.15, -0.1) is 12.1 Å².